The third-order valence-corrected chi connectivity index (χ3v) is 5.75. The van der Waals surface area contributed by atoms with E-state index in [0.717, 1.165) is 5.56 Å². The van der Waals surface area contributed by atoms with Gasteiger partial charge in [0.2, 0.25) is 0 Å². The number of fused-ring (bicyclic) bond motifs is 1. The lowest BCUT2D eigenvalue weighted by Crippen LogP contribution is -2.55. The highest BCUT2D eigenvalue weighted by Crippen LogP contribution is 2.26. The molecule has 0 saturated carbocycles. The van der Waals surface area contributed by atoms with Crippen LogP contribution in [0.3, 0.4) is 0 Å². The number of ether oxygens (including phenoxy) is 2. The van der Waals surface area contributed by atoms with Gasteiger partial charge in [-0.1, -0.05) is 37.8 Å². The zero-order valence-corrected chi connectivity index (χ0v) is 20.5. The molecule has 2 aliphatic heterocycles. The fraction of sp³-hybridized carbons (Fsp3) is 0.423. The third kappa shape index (κ3) is 6.29. The summed E-state index contributed by atoms with van der Waals surface area (Å²) in [7, 11) is 1.52. The number of Topliss-reactive ketones (excluding diaryl/α,β-unsaturated/α-hetero) is 1. The first-order valence-electron chi connectivity index (χ1n) is 11.7. The highest BCUT2D eigenvalue weighted by atomic mass is 19.3. The van der Waals surface area contributed by atoms with E-state index < -0.39 is 24.1 Å². The number of urea groups is 1. The Labute approximate surface area is 208 Å². The van der Waals surface area contributed by atoms with Gasteiger partial charge in [-0.2, -0.15) is 8.78 Å². The Kier molecular flexibility index (Phi) is 8.83. The van der Waals surface area contributed by atoms with Crippen LogP contribution in [0.5, 0.6) is 5.75 Å². The van der Waals surface area contributed by atoms with E-state index in [2.05, 4.69) is 27.2 Å². The van der Waals surface area contributed by atoms with Crippen LogP contribution < -0.4 is 15.4 Å². The highest BCUT2D eigenvalue weighted by molar-refractivity contribution is 6.09. The summed E-state index contributed by atoms with van der Waals surface area (Å²) in [6.45, 7) is 1.42. The summed E-state index contributed by atoms with van der Waals surface area (Å²) in [5, 5.41) is 4.77. The molecule has 1 aliphatic carbocycles. The first-order valence-corrected chi connectivity index (χ1v) is 11.7. The van der Waals surface area contributed by atoms with Gasteiger partial charge in [-0.3, -0.25) is 19.8 Å². The quantitative estimate of drug-likeness (QED) is 0.473. The van der Waals surface area contributed by atoms with Gasteiger partial charge < -0.3 is 14.8 Å². The minimum atomic E-state index is -2.94. The van der Waals surface area contributed by atoms with Gasteiger partial charge in [-0.15, -0.1) is 0 Å². The summed E-state index contributed by atoms with van der Waals surface area (Å²) in [5.74, 6) is 5.57. The third-order valence-electron chi connectivity index (χ3n) is 5.75. The average molecular weight is 502 g/mol. The molecule has 1 saturated heterocycles. The van der Waals surface area contributed by atoms with Crippen LogP contribution in [0.4, 0.5) is 13.6 Å². The number of rotatable bonds is 5. The van der Waals surface area contributed by atoms with Crippen LogP contribution >= 0.6 is 0 Å². The number of carbonyl (C=O) groups is 3. The molecule has 36 heavy (non-hydrogen) atoms. The Morgan fingerprint density at radius 1 is 1.19 bits per heavy atom. The number of methoxy groups -OCH3 is 1. The van der Waals surface area contributed by atoms with Crippen molar-refractivity contribution in [3.05, 3.63) is 52.8 Å². The topological polar surface area (TPSA) is 97.0 Å². The van der Waals surface area contributed by atoms with Gasteiger partial charge >= 0.3 is 12.6 Å². The maximum Gasteiger partial charge on any atom is 0.387 e. The van der Waals surface area contributed by atoms with Gasteiger partial charge in [-0.05, 0) is 36.6 Å². The average Bonchev–Trinajstić information content (AvgIpc) is 2.98. The van der Waals surface area contributed by atoms with E-state index in [1.807, 2.05) is 13.8 Å². The molecule has 192 valence electrons. The lowest BCUT2D eigenvalue weighted by atomic mass is 9.94. The van der Waals surface area contributed by atoms with Crippen LogP contribution in [0.1, 0.15) is 49.0 Å². The van der Waals surface area contributed by atoms with Gasteiger partial charge in [0.1, 0.15) is 11.5 Å². The molecule has 3 aliphatic rings. The molecular weight excluding hydrogens is 472 g/mol. The lowest BCUT2D eigenvalue weighted by molar-refractivity contribution is -0.122. The predicted octanol–water partition coefficient (Wildman–Crippen LogP) is 3.53. The molecule has 2 N–H and O–H groups in total. The van der Waals surface area contributed by atoms with Crippen molar-refractivity contribution in [1.82, 2.24) is 15.5 Å². The van der Waals surface area contributed by atoms with Gasteiger partial charge in [0.25, 0.3) is 5.91 Å². The largest absolute Gasteiger partial charge is 0.497 e. The van der Waals surface area contributed by atoms with Crippen LogP contribution in [0.2, 0.25) is 0 Å². The zero-order valence-electron chi connectivity index (χ0n) is 20.5. The van der Waals surface area contributed by atoms with Crippen LogP contribution in [0, 0.1) is 11.8 Å². The monoisotopic (exact) mass is 501 g/mol. The number of benzene rings is 1. The normalized spacial score (nSPS) is 21.4. The van der Waals surface area contributed by atoms with Gasteiger partial charge in [-0.25, -0.2) is 4.79 Å². The lowest BCUT2D eigenvalue weighted by Gasteiger charge is -2.32. The summed E-state index contributed by atoms with van der Waals surface area (Å²) < 4.78 is 35.0. The summed E-state index contributed by atoms with van der Waals surface area (Å²) in [4.78, 5) is 39.2. The van der Waals surface area contributed by atoms with Crippen LogP contribution in [0.25, 0.3) is 0 Å². The molecule has 8 nitrogen and oxygen atoms in total. The standard InChI is InChI=1S/C24H23F2N3O5.C2H6/c1-33-17-7-6-16-12-29(13-20(30)19(16)11-17)14-24(21(31)27-23(32)28-24)9-8-15-4-2-3-5-18(10-15)34-22(25)26;1-2/h4,6-7,10-11,22H,2-3,5,12-14H2,1H3,(H2,27,28,31,32);1-2H3/t24-;/m1./s1. The molecule has 1 aromatic rings. The van der Waals surface area contributed by atoms with E-state index in [1.165, 1.54) is 13.2 Å². The molecule has 1 aromatic carbocycles. The van der Waals surface area contributed by atoms with Gasteiger partial charge in [0, 0.05) is 30.6 Å². The Morgan fingerprint density at radius 2 is 1.97 bits per heavy atom. The maximum absolute atomic E-state index is 12.8. The molecule has 3 amide bonds. The van der Waals surface area contributed by atoms with Crippen LogP contribution in [0.15, 0.2) is 41.7 Å². The SMILES string of the molecule is CC.COc1ccc2c(c1)C(=O)CN(C[C@@]1(C#CC3=CCCCC(OC(F)F)=C3)NC(=O)NC1=O)C2. The van der Waals surface area contributed by atoms with Crippen molar-refractivity contribution in [3.8, 4) is 17.6 Å². The Hall–Kier alpha value is -3.71. The molecule has 0 unspecified atom stereocenters. The molecule has 1 atom stereocenters. The minimum absolute atomic E-state index is 0.0295. The summed E-state index contributed by atoms with van der Waals surface area (Å²) in [5.41, 5.74) is 0.129. The number of nitrogens with zero attached hydrogens (tertiary/aromatic N) is 1. The van der Waals surface area contributed by atoms with Crippen molar-refractivity contribution in [1.29, 1.82) is 0 Å². The summed E-state index contributed by atoms with van der Waals surface area (Å²) in [6.07, 6.45) is 4.75. The fourth-order valence-electron chi connectivity index (χ4n) is 4.15. The van der Waals surface area contributed by atoms with E-state index in [0.29, 0.717) is 42.7 Å². The van der Waals surface area contributed by atoms with E-state index >= 15 is 0 Å². The second-order valence-corrected chi connectivity index (χ2v) is 8.20. The molecule has 0 bridgehead atoms. The first kappa shape index (κ1) is 26.9. The van der Waals surface area contributed by atoms with Crippen LogP contribution in [-0.2, 0) is 16.1 Å². The molecule has 2 heterocycles. The summed E-state index contributed by atoms with van der Waals surface area (Å²) in [6, 6.07) is 4.52. The minimum Gasteiger partial charge on any atom is -0.497 e. The molecule has 10 heteroatoms. The number of halogens is 2. The van der Waals surface area contributed by atoms with Crippen molar-refractivity contribution >= 4 is 17.7 Å². The maximum atomic E-state index is 12.8. The van der Waals surface area contributed by atoms with Crippen molar-refractivity contribution in [2.24, 2.45) is 0 Å². The number of amides is 3. The predicted molar refractivity (Wildman–Crippen MR) is 128 cm³/mol. The molecule has 0 radical (unpaired) electrons. The molecule has 1 fully saturated rings. The molecule has 0 spiro atoms. The number of alkyl halides is 2. The van der Waals surface area contributed by atoms with E-state index in [1.54, 1.807) is 29.2 Å². The Morgan fingerprint density at radius 3 is 2.64 bits per heavy atom. The van der Waals surface area contributed by atoms with E-state index in [-0.39, 0.29) is 24.6 Å². The number of imide groups is 1. The molecule has 4 rings (SSSR count). The summed E-state index contributed by atoms with van der Waals surface area (Å²) >= 11 is 0. The Bertz CT molecular complexity index is 1150. The first-order chi connectivity index (χ1) is 17.3. The smallest absolute Gasteiger partial charge is 0.387 e. The number of carbonyl (C=O) groups excluding carboxylic acids is 3. The van der Waals surface area contributed by atoms with Crippen LogP contribution in [-0.4, -0.2) is 55.0 Å². The molecular formula is C26H29F2N3O5. The van der Waals surface area contributed by atoms with Crippen molar-refractivity contribution in [3.63, 3.8) is 0 Å². The second-order valence-electron chi connectivity index (χ2n) is 8.20. The van der Waals surface area contributed by atoms with Crippen molar-refractivity contribution in [2.75, 3.05) is 20.2 Å². The Balaban J connectivity index is 0.00000176. The number of hydrogen-bond acceptors (Lipinski definition) is 6. The zero-order chi connectivity index (χ0) is 26.3. The van der Waals surface area contributed by atoms with E-state index in [4.69, 9.17) is 4.74 Å². The van der Waals surface area contributed by atoms with Crippen molar-refractivity contribution in [2.45, 2.75) is 51.8 Å². The number of allylic oxidation sites excluding steroid dienone is 4. The molecule has 0 aromatic heterocycles. The second kappa shape index (κ2) is 11.8. The fourth-order valence-corrected chi connectivity index (χ4v) is 4.15. The number of hydrogen-bond donors (Lipinski definition) is 2. The van der Waals surface area contributed by atoms with E-state index in [9.17, 15) is 23.2 Å². The van der Waals surface area contributed by atoms with Crippen molar-refractivity contribution < 1.29 is 32.6 Å². The van der Waals surface area contributed by atoms with Gasteiger partial charge in [0.05, 0.1) is 13.7 Å². The van der Waals surface area contributed by atoms with Gasteiger partial charge in [0.15, 0.2) is 11.3 Å². The number of nitrogens with one attached hydrogen (secondary N) is 2. The highest BCUT2D eigenvalue weighted by Gasteiger charge is 2.47. The number of ketones is 1.